The molecule has 0 radical (unpaired) electrons. The van der Waals surface area contributed by atoms with E-state index in [4.69, 9.17) is 5.26 Å². The largest absolute Gasteiger partial charge is 0.335 e. The molecule has 1 aliphatic heterocycles. The van der Waals surface area contributed by atoms with E-state index in [0.717, 1.165) is 17.8 Å². The number of hydrogen-bond donors (Lipinski definition) is 0. The highest BCUT2D eigenvalue weighted by atomic mass is 32.1. The summed E-state index contributed by atoms with van der Waals surface area (Å²) in [7, 11) is 0. The van der Waals surface area contributed by atoms with Gasteiger partial charge in [-0.05, 0) is 12.5 Å². The van der Waals surface area contributed by atoms with Crippen LogP contribution in [0, 0.1) is 21.4 Å². The lowest BCUT2D eigenvalue weighted by Crippen LogP contribution is -2.51. The zero-order chi connectivity index (χ0) is 15.4. The molecule has 7 nitrogen and oxygen atoms in total. The molecule has 1 unspecified atom stereocenters. The highest BCUT2D eigenvalue weighted by Crippen LogP contribution is 2.25. The van der Waals surface area contributed by atoms with Crippen LogP contribution < -0.4 is 0 Å². The summed E-state index contributed by atoms with van der Waals surface area (Å²) in [5.74, 6) is -0.169. The van der Waals surface area contributed by atoms with E-state index in [1.165, 1.54) is 12.1 Å². The number of nitro groups is 1. The van der Waals surface area contributed by atoms with Gasteiger partial charge in [-0.1, -0.05) is 18.3 Å². The third-order valence-electron chi connectivity index (χ3n) is 3.56. The van der Waals surface area contributed by atoms with Gasteiger partial charge in [0.05, 0.1) is 21.9 Å². The van der Waals surface area contributed by atoms with Crippen molar-refractivity contribution in [1.82, 2.24) is 9.80 Å². The van der Waals surface area contributed by atoms with E-state index in [-0.39, 0.29) is 17.0 Å². The zero-order valence-electron chi connectivity index (χ0n) is 11.7. The van der Waals surface area contributed by atoms with Crippen molar-refractivity contribution in [3.05, 3.63) is 27.1 Å². The molecule has 1 saturated heterocycles. The lowest BCUT2D eigenvalue weighted by Gasteiger charge is -2.36. The SMILES string of the molecule is CCC(C#N)N1CCN(C(=O)c2ccc([N+](=O)[O-])s2)CC1. The molecule has 1 amide bonds. The van der Waals surface area contributed by atoms with Crippen LogP contribution in [0.25, 0.3) is 0 Å². The molecular weight excluding hydrogens is 292 g/mol. The van der Waals surface area contributed by atoms with E-state index in [1.807, 2.05) is 6.92 Å². The molecule has 0 N–H and O–H groups in total. The van der Waals surface area contributed by atoms with Crippen molar-refractivity contribution in [3.63, 3.8) is 0 Å². The molecule has 1 aromatic rings. The minimum absolute atomic E-state index is 0.0208. The van der Waals surface area contributed by atoms with E-state index in [9.17, 15) is 14.9 Å². The first kappa shape index (κ1) is 15.4. The topological polar surface area (TPSA) is 90.5 Å². The lowest BCUT2D eigenvalue weighted by molar-refractivity contribution is -0.380. The minimum Gasteiger partial charge on any atom is -0.335 e. The molecule has 1 fully saturated rings. The van der Waals surface area contributed by atoms with Crippen LogP contribution in [-0.2, 0) is 0 Å². The highest BCUT2D eigenvalue weighted by molar-refractivity contribution is 7.17. The Bertz CT molecular complexity index is 572. The van der Waals surface area contributed by atoms with Crippen molar-refractivity contribution in [2.24, 2.45) is 0 Å². The number of nitriles is 1. The molecule has 0 bridgehead atoms. The van der Waals surface area contributed by atoms with Gasteiger partial charge in [-0.3, -0.25) is 19.8 Å². The second kappa shape index (κ2) is 6.65. The second-order valence-electron chi connectivity index (χ2n) is 4.78. The number of carbonyl (C=O) groups excluding carboxylic acids is 1. The monoisotopic (exact) mass is 308 g/mol. The van der Waals surface area contributed by atoms with Crippen molar-refractivity contribution in [1.29, 1.82) is 5.26 Å². The Labute approximate surface area is 126 Å². The molecule has 8 heteroatoms. The Hall–Kier alpha value is -1.98. The van der Waals surface area contributed by atoms with Crippen LogP contribution in [0.4, 0.5) is 5.00 Å². The zero-order valence-corrected chi connectivity index (χ0v) is 12.5. The fraction of sp³-hybridized carbons (Fsp3) is 0.538. The van der Waals surface area contributed by atoms with Crippen molar-refractivity contribution in [2.75, 3.05) is 26.2 Å². The first-order chi connectivity index (χ1) is 10.1. The van der Waals surface area contributed by atoms with Gasteiger partial charge < -0.3 is 4.90 Å². The number of amides is 1. The minimum atomic E-state index is -0.488. The maximum Gasteiger partial charge on any atom is 0.324 e. The van der Waals surface area contributed by atoms with Crippen molar-refractivity contribution < 1.29 is 9.72 Å². The molecule has 2 heterocycles. The Morgan fingerprint density at radius 1 is 1.48 bits per heavy atom. The van der Waals surface area contributed by atoms with Crippen LogP contribution in [0.1, 0.15) is 23.0 Å². The smallest absolute Gasteiger partial charge is 0.324 e. The Balaban J connectivity index is 1.97. The van der Waals surface area contributed by atoms with Crippen LogP contribution in [-0.4, -0.2) is 52.9 Å². The molecule has 0 aromatic carbocycles. The Kier molecular flexibility index (Phi) is 4.88. The van der Waals surface area contributed by atoms with Crippen LogP contribution in [0.3, 0.4) is 0 Å². The Morgan fingerprint density at radius 2 is 2.14 bits per heavy atom. The first-order valence-electron chi connectivity index (χ1n) is 6.74. The summed E-state index contributed by atoms with van der Waals surface area (Å²) < 4.78 is 0. The summed E-state index contributed by atoms with van der Waals surface area (Å²) >= 11 is 0.903. The van der Waals surface area contributed by atoms with Gasteiger partial charge in [0.15, 0.2) is 0 Å². The van der Waals surface area contributed by atoms with E-state index in [2.05, 4.69) is 11.0 Å². The molecule has 0 spiro atoms. The summed E-state index contributed by atoms with van der Waals surface area (Å²) in [6.07, 6.45) is 0.765. The van der Waals surface area contributed by atoms with E-state index in [0.29, 0.717) is 31.1 Å². The molecule has 2 rings (SSSR count). The average Bonchev–Trinajstić information content (AvgIpc) is 2.98. The second-order valence-corrected chi connectivity index (χ2v) is 5.84. The molecule has 0 aliphatic carbocycles. The van der Waals surface area contributed by atoms with Crippen LogP contribution in [0.15, 0.2) is 12.1 Å². The number of thiophene rings is 1. The third kappa shape index (κ3) is 3.37. The number of carbonyl (C=O) groups is 1. The van der Waals surface area contributed by atoms with Gasteiger partial charge in [-0.15, -0.1) is 0 Å². The molecule has 1 aliphatic rings. The molecule has 112 valence electrons. The van der Waals surface area contributed by atoms with Gasteiger partial charge in [0.25, 0.3) is 5.91 Å². The first-order valence-corrected chi connectivity index (χ1v) is 7.55. The highest BCUT2D eigenvalue weighted by Gasteiger charge is 2.27. The number of hydrogen-bond acceptors (Lipinski definition) is 6. The normalized spacial score (nSPS) is 17.2. The van der Waals surface area contributed by atoms with Crippen molar-refractivity contribution in [2.45, 2.75) is 19.4 Å². The van der Waals surface area contributed by atoms with Gasteiger partial charge in [0, 0.05) is 32.2 Å². The van der Waals surface area contributed by atoms with Crippen LogP contribution in [0.5, 0.6) is 0 Å². The van der Waals surface area contributed by atoms with Crippen molar-refractivity contribution >= 4 is 22.2 Å². The predicted octanol–water partition coefficient (Wildman–Crippen LogP) is 1.72. The molecule has 1 atom stereocenters. The van der Waals surface area contributed by atoms with E-state index < -0.39 is 4.92 Å². The molecule has 1 aromatic heterocycles. The van der Waals surface area contributed by atoms with Gasteiger partial charge in [0.2, 0.25) is 0 Å². The molecule has 0 saturated carbocycles. The van der Waals surface area contributed by atoms with E-state index >= 15 is 0 Å². The summed E-state index contributed by atoms with van der Waals surface area (Å²) in [6.45, 7) is 4.37. The summed E-state index contributed by atoms with van der Waals surface area (Å²) in [5, 5.41) is 19.7. The van der Waals surface area contributed by atoms with Gasteiger partial charge in [-0.2, -0.15) is 5.26 Å². The van der Waals surface area contributed by atoms with Crippen molar-refractivity contribution in [3.8, 4) is 6.07 Å². The lowest BCUT2D eigenvalue weighted by atomic mass is 10.2. The fourth-order valence-electron chi connectivity index (χ4n) is 2.36. The standard InChI is InChI=1S/C13H16N4O3S/c1-2-10(9-14)15-5-7-16(8-6-15)13(18)11-3-4-12(21-11)17(19)20/h3-4,10H,2,5-8H2,1H3. The number of rotatable bonds is 4. The molecule has 21 heavy (non-hydrogen) atoms. The number of piperazine rings is 1. The van der Waals surface area contributed by atoms with E-state index in [1.54, 1.807) is 4.90 Å². The summed E-state index contributed by atoms with van der Waals surface area (Å²) in [6, 6.07) is 5.02. The summed E-state index contributed by atoms with van der Waals surface area (Å²) in [4.78, 5) is 26.6. The predicted molar refractivity (Wildman–Crippen MR) is 78.1 cm³/mol. The number of nitrogens with zero attached hydrogens (tertiary/aromatic N) is 4. The van der Waals surface area contributed by atoms with Crippen LogP contribution >= 0.6 is 11.3 Å². The summed E-state index contributed by atoms with van der Waals surface area (Å²) in [5.41, 5.74) is 0. The average molecular weight is 308 g/mol. The fourth-order valence-corrected chi connectivity index (χ4v) is 3.15. The van der Waals surface area contributed by atoms with Crippen LogP contribution in [0.2, 0.25) is 0 Å². The maximum atomic E-state index is 12.3. The third-order valence-corrected chi connectivity index (χ3v) is 4.59. The quantitative estimate of drug-likeness (QED) is 0.624. The molecular formula is C13H16N4O3S. The van der Waals surface area contributed by atoms with Gasteiger partial charge >= 0.3 is 5.00 Å². The maximum absolute atomic E-state index is 12.3. The van der Waals surface area contributed by atoms with Gasteiger partial charge in [-0.25, -0.2) is 0 Å². The van der Waals surface area contributed by atoms with Gasteiger partial charge in [0.1, 0.15) is 0 Å². The Morgan fingerprint density at radius 3 is 2.62 bits per heavy atom.